The number of nitro benzene ring substituents is 1. The smallest absolute Gasteiger partial charge is 0.293 e. The molecule has 1 rings (SSSR count). The van der Waals surface area contributed by atoms with Crippen molar-refractivity contribution in [2.24, 2.45) is 5.84 Å². The van der Waals surface area contributed by atoms with Crippen molar-refractivity contribution >= 4 is 17.3 Å². The number of nitrogens with zero attached hydrogens (tertiary/aromatic N) is 2. The van der Waals surface area contributed by atoms with Crippen molar-refractivity contribution in [2.45, 2.75) is 26.4 Å². The molecule has 116 valence electrons. The molecule has 0 spiro atoms. The van der Waals surface area contributed by atoms with Gasteiger partial charge in [0.2, 0.25) is 0 Å². The van der Waals surface area contributed by atoms with E-state index in [1.165, 1.54) is 23.1 Å². The fourth-order valence-electron chi connectivity index (χ4n) is 1.92. The molecule has 0 saturated heterocycles. The van der Waals surface area contributed by atoms with Crippen LogP contribution in [0.4, 0.5) is 11.4 Å². The van der Waals surface area contributed by atoms with Crippen molar-refractivity contribution in [3.05, 3.63) is 33.9 Å². The van der Waals surface area contributed by atoms with E-state index >= 15 is 0 Å². The Morgan fingerprint density at radius 1 is 1.52 bits per heavy atom. The van der Waals surface area contributed by atoms with Crippen molar-refractivity contribution in [3.63, 3.8) is 0 Å². The van der Waals surface area contributed by atoms with Crippen LogP contribution in [-0.4, -0.2) is 39.5 Å². The van der Waals surface area contributed by atoms with Gasteiger partial charge in [-0.25, -0.2) is 0 Å². The average Bonchev–Trinajstić information content (AvgIpc) is 2.42. The van der Waals surface area contributed by atoms with Crippen LogP contribution in [0.3, 0.4) is 0 Å². The number of nitrogens with two attached hydrogens (primary N) is 1. The molecule has 0 radical (unpaired) electrons. The third-order valence-electron chi connectivity index (χ3n) is 2.84. The second kappa shape index (κ2) is 6.51. The normalized spacial score (nSPS) is 11.1. The Hall–Kier alpha value is -2.19. The lowest BCUT2D eigenvalue weighted by atomic mass is 10.1. The van der Waals surface area contributed by atoms with E-state index in [0.717, 1.165) is 0 Å². The van der Waals surface area contributed by atoms with Crippen molar-refractivity contribution in [2.75, 3.05) is 18.5 Å². The maximum Gasteiger partial charge on any atom is 0.293 e. The molecule has 0 heterocycles. The fraction of sp³-hybridized carbons (Fsp3) is 0.462. The second-order valence-corrected chi connectivity index (χ2v) is 5.27. The molecule has 1 aromatic carbocycles. The van der Waals surface area contributed by atoms with Gasteiger partial charge < -0.3 is 15.4 Å². The van der Waals surface area contributed by atoms with Crippen LogP contribution in [-0.2, 0) is 0 Å². The highest BCUT2D eigenvalue weighted by atomic mass is 16.6. The lowest BCUT2D eigenvalue weighted by Crippen LogP contribution is -2.42. The number of nitrogens with one attached hydrogen (secondary N) is 1. The van der Waals surface area contributed by atoms with Gasteiger partial charge in [0.1, 0.15) is 5.69 Å². The van der Waals surface area contributed by atoms with Gasteiger partial charge in [0, 0.05) is 24.7 Å². The quantitative estimate of drug-likeness (QED) is 0.411. The van der Waals surface area contributed by atoms with Crippen LogP contribution in [0.5, 0.6) is 0 Å². The molecule has 0 aliphatic carbocycles. The number of nitrogen functional groups attached to an aromatic ring is 1. The lowest BCUT2D eigenvalue weighted by molar-refractivity contribution is -0.384. The highest BCUT2D eigenvalue weighted by Crippen LogP contribution is 2.25. The molecule has 4 N–H and O–H groups in total. The first-order chi connectivity index (χ1) is 9.69. The van der Waals surface area contributed by atoms with Gasteiger partial charge in [-0.15, -0.1) is 0 Å². The molecule has 0 aliphatic rings. The summed E-state index contributed by atoms with van der Waals surface area (Å²) in [6.45, 7) is 5.56. The third-order valence-corrected chi connectivity index (χ3v) is 2.84. The maximum absolute atomic E-state index is 12.4. The molecule has 0 aromatic heterocycles. The molecule has 0 fully saturated rings. The van der Waals surface area contributed by atoms with Crippen LogP contribution in [0, 0.1) is 10.1 Å². The van der Waals surface area contributed by atoms with Crippen LogP contribution in [0.1, 0.15) is 31.1 Å². The van der Waals surface area contributed by atoms with E-state index in [2.05, 4.69) is 5.43 Å². The zero-order valence-corrected chi connectivity index (χ0v) is 12.3. The fourth-order valence-corrected chi connectivity index (χ4v) is 1.92. The Balaban J connectivity index is 3.09. The van der Waals surface area contributed by atoms with Crippen LogP contribution < -0.4 is 11.3 Å². The second-order valence-electron chi connectivity index (χ2n) is 5.27. The van der Waals surface area contributed by atoms with Gasteiger partial charge in [0.05, 0.1) is 10.5 Å². The topological polar surface area (TPSA) is 122 Å². The van der Waals surface area contributed by atoms with E-state index in [4.69, 9.17) is 5.84 Å². The highest BCUT2D eigenvalue weighted by Gasteiger charge is 2.24. The number of carbonyl (C=O) groups excluding carboxylic acids is 1. The summed E-state index contributed by atoms with van der Waals surface area (Å²) in [6.07, 6.45) is 0. The first-order valence-electron chi connectivity index (χ1n) is 6.46. The van der Waals surface area contributed by atoms with Gasteiger partial charge in [-0.3, -0.25) is 20.8 Å². The number of aliphatic hydroxyl groups is 1. The van der Waals surface area contributed by atoms with E-state index in [1.54, 1.807) is 20.8 Å². The van der Waals surface area contributed by atoms with Crippen LogP contribution in [0.2, 0.25) is 0 Å². The molecule has 0 saturated carbocycles. The van der Waals surface area contributed by atoms with Crippen LogP contribution in [0.15, 0.2) is 18.2 Å². The highest BCUT2D eigenvalue weighted by molar-refractivity contribution is 5.96. The summed E-state index contributed by atoms with van der Waals surface area (Å²) in [7, 11) is 0. The van der Waals surface area contributed by atoms with E-state index < -0.39 is 10.5 Å². The van der Waals surface area contributed by atoms with Gasteiger partial charge in [-0.05, 0) is 32.9 Å². The Morgan fingerprint density at radius 2 is 2.14 bits per heavy atom. The molecule has 0 unspecified atom stereocenters. The molecule has 8 heteroatoms. The standard InChI is InChI=1S/C13H20N4O4/c1-4-16(8-13(2,3)19)12(18)9-5-6-11(17(20)21)10(7-9)15-14/h5-7,15,19H,4,8,14H2,1-3H3. The molecule has 0 aliphatic heterocycles. The molecule has 1 amide bonds. The summed E-state index contributed by atoms with van der Waals surface area (Å²) in [4.78, 5) is 24.1. The molecule has 21 heavy (non-hydrogen) atoms. The van der Waals surface area contributed by atoms with Gasteiger partial charge in [0.15, 0.2) is 0 Å². The maximum atomic E-state index is 12.4. The zero-order chi connectivity index (χ0) is 16.2. The van der Waals surface area contributed by atoms with E-state index in [0.29, 0.717) is 6.54 Å². The zero-order valence-electron chi connectivity index (χ0n) is 12.3. The van der Waals surface area contributed by atoms with Crippen LogP contribution >= 0.6 is 0 Å². The largest absolute Gasteiger partial charge is 0.389 e. The minimum Gasteiger partial charge on any atom is -0.389 e. The number of likely N-dealkylation sites (N-methyl/N-ethyl adjacent to an activating group) is 1. The first kappa shape index (κ1) is 16.9. The number of hydrazine groups is 1. The van der Waals surface area contributed by atoms with Crippen molar-refractivity contribution in [1.29, 1.82) is 0 Å². The average molecular weight is 296 g/mol. The SMILES string of the molecule is CCN(CC(C)(C)O)C(=O)c1ccc([N+](=O)[O-])c(NN)c1. The predicted octanol–water partition coefficient (Wildman–Crippen LogP) is 1.11. The molecule has 0 atom stereocenters. The summed E-state index contributed by atoms with van der Waals surface area (Å²) in [5.74, 6) is 4.92. The number of nitro groups is 1. The van der Waals surface area contributed by atoms with Crippen LogP contribution in [0.25, 0.3) is 0 Å². The molecule has 8 nitrogen and oxygen atoms in total. The number of hydrogen-bond acceptors (Lipinski definition) is 6. The first-order valence-corrected chi connectivity index (χ1v) is 6.46. The summed E-state index contributed by atoms with van der Waals surface area (Å²) in [6, 6.07) is 3.92. The predicted molar refractivity (Wildman–Crippen MR) is 78.8 cm³/mol. The number of benzene rings is 1. The van der Waals surface area contributed by atoms with Gasteiger partial charge in [0.25, 0.3) is 11.6 Å². The van der Waals surface area contributed by atoms with E-state index in [-0.39, 0.29) is 29.4 Å². The Kier molecular flexibility index (Phi) is 5.23. The summed E-state index contributed by atoms with van der Waals surface area (Å²) in [5, 5.41) is 20.6. The van der Waals surface area contributed by atoms with Gasteiger partial charge in [-0.1, -0.05) is 0 Å². The molecular formula is C13H20N4O4. The number of carbonyl (C=O) groups is 1. The van der Waals surface area contributed by atoms with E-state index in [9.17, 15) is 20.0 Å². The van der Waals surface area contributed by atoms with Gasteiger partial charge in [-0.2, -0.15) is 0 Å². The molecular weight excluding hydrogens is 276 g/mol. The summed E-state index contributed by atoms with van der Waals surface area (Å²) in [5.41, 5.74) is 1.30. The Bertz CT molecular complexity index is 539. The molecule has 0 bridgehead atoms. The number of rotatable bonds is 6. The molecule has 1 aromatic rings. The number of anilines is 1. The number of amides is 1. The van der Waals surface area contributed by atoms with Crippen molar-refractivity contribution < 1.29 is 14.8 Å². The van der Waals surface area contributed by atoms with E-state index in [1.807, 2.05) is 0 Å². The Labute approximate surface area is 122 Å². The van der Waals surface area contributed by atoms with Gasteiger partial charge >= 0.3 is 0 Å². The number of hydrogen-bond donors (Lipinski definition) is 3. The summed E-state index contributed by atoms with van der Waals surface area (Å²) >= 11 is 0. The summed E-state index contributed by atoms with van der Waals surface area (Å²) < 4.78 is 0. The monoisotopic (exact) mass is 296 g/mol. The minimum atomic E-state index is -1.03. The third kappa shape index (κ3) is 4.40. The minimum absolute atomic E-state index is 0.0603. The van der Waals surface area contributed by atoms with Crippen molar-refractivity contribution in [3.8, 4) is 0 Å². The van der Waals surface area contributed by atoms with Crippen molar-refractivity contribution in [1.82, 2.24) is 4.90 Å². The lowest BCUT2D eigenvalue weighted by Gasteiger charge is -2.28. The Morgan fingerprint density at radius 3 is 2.57 bits per heavy atom.